The lowest BCUT2D eigenvalue weighted by Crippen LogP contribution is -2.31. The number of benzene rings is 2. The maximum atomic E-state index is 12.3. The molecule has 1 amide bonds. The predicted octanol–water partition coefficient (Wildman–Crippen LogP) is 3.58. The van der Waals surface area contributed by atoms with Gasteiger partial charge in [0.05, 0.1) is 0 Å². The number of nitrogens with zero attached hydrogens (tertiary/aromatic N) is 1. The van der Waals surface area contributed by atoms with Gasteiger partial charge in [-0.1, -0.05) is 55.0 Å². The van der Waals surface area contributed by atoms with Crippen LogP contribution in [0.4, 0.5) is 0 Å². The van der Waals surface area contributed by atoms with E-state index in [1.165, 1.54) is 0 Å². The lowest BCUT2D eigenvalue weighted by molar-refractivity contribution is 0.0977. The second kappa shape index (κ2) is 7.39. The highest BCUT2D eigenvalue weighted by molar-refractivity contribution is 6.12. The van der Waals surface area contributed by atoms with Crippen LogP contribution in [-0.2, 0) is 0 Å². The van der Waals surface area contributed by atoms with E-state index in [1.54, 1.807) is 0 Å². The molecule has 108 valence electrons. The molecule has 2 aromatic carbocycles. The molecule has 3 heteroatoms. The van der Waals surface area contributed by atoms with E-state index >= 15 is 0 Å². The summed E-state index contributed by atoms with van der Waals surface area (Å²) in [4.78, 5) is 16.8. The highest BCUT2D eigenvalue weighted by Crippen LogP contribution is 2.05. The van der Waals surface area contributed by atoms with Crippen molar-refractivity contribution in [2.24, 2.45) is 4.99 Å². The summed E-state index contributed by atoms with van der Waals surface area (Å²) in [5.41, 5.74) is 2.70. The van der Waals surface area contributed by atoms with E-state index in [2.05, 4.69) is 17.2 Å². The molecule has 0 radical (unpaired) electrons. The summed E-state index contributed by atoms with van der Waals surface area (Å²) in [6.07, 6.45) is 0.941. The first kappa shape index (κ1) is 15.0. The highest BCUT2D eigenvalue weighted by Gasteiger charge is 2.10. The normalized spacial score (nSPS) is 11.2. The quantitative estimate of drug-likeness (QED) is 0.675. The molecule has 0 unspecified atom stereocenters. The van der Waals surface area contributed by atoms with Gasteiger partial charge in [-0.15, -0.1) is 0 Å². The van der Waals surface area contributed by atoms with Gasteiger partial charge in [-0.3, -0.25) is 9.79 Å². The fraction of sp³-hybridized carbons (Fsp3) is 0.222. The largest absolute Gasteiger partial charge is 0.306 e. The molecule has 0 fully saturated rings. The van der Waals surface area contributed by atoms with Crippen LogP contribution in [0.15, 0.2) is 59.6 Å². The summed E-state index contributed by atoms with van der Waals surface area (Å²) in [6.45, 7) is 4.76. The Balaban J connectivity index is 2.19. The third-order valence-electron chi connectivity index (χ3n) is 3.09. The van der Waals surface area contributed by atoms with Gasteiger partial charge in [-0.25, -0.2) is 0 Å². The van der Waals surface area contributed by atoms with Crippen molar-refractivity contribution < 1.29 is 4.79 Å². The summed E-state index contributed by atoms with van der Waals surface area (Å²) < 4.78 is 0. The Labute approximate surface area is 125 Å². The fourth-order valence-electron chi connectivity index (χ4n) is 1.91. The van der Waals surface area contributed by atoms with Gasteiger partial charge in [0.2, 0.25) is 0 Å². The molecule has 1 N–H and O–H groups in total. The molecular formula is C18H20N2O. The lowest BCUT2D eigenvalue weighted by Gasteiger charge is -2.09. The van der Waals surface area contributed by atoms with Crippen molar-refractivity contribution in [2.75, 3.05) is 6.54 Å². The molecular weight excluding hydrogens is 260 g/mol. The number of aliphatic imine (C=N–C) groups is 1. The Morgan fingerprint density at radius 3 is 2.29 bits per heavy atom. The van der Waals surface area contributed by atoms with Crippen molar-refractivity contribution in [3.8, 4) is 0 Å². The number of hydrogen-bond acceptors (Lipinski definition) is 2. The fourth-order valence-corrected chi connectivity index (χ4v) is 1.91. The first-order valence-corrected chi connectivity index (χ1v) is 7.18. The molecule has 2 rings (SSSR count). The summed E-state index contributed by atoms with van der Waals surface area (Å²) in [6, 6.07) is 17.2. The number of aryl methyl sites for hydroxylation is 1. The molecule has 21 heavy (non-hydrogen) atoms. The molecule has 3 nitrogen and oxygen atoms in total. The molecule has 0 aliphatic carbocycles. The molecule has 0 saturated heterocycles. The Kier molecular flexibility index (Phi) is 5.27. The van der Waals surface area contributed by atoms with E-state index in [1.807, 2.05) is 61.5 Å². The van der Waals surface area contributed by atoms with E-state index in [9.17, 15) is 4.79 Å². The number of amidine groups is 1. The Bertz CT molecular complexity index is 615. The molecule has 0 aliphatic heterocycles. The van der Waals surface area contributed by atoms with Gasteiger partial charge >= 0.3 is 0 Å². The zero-order valence-electron chi connectivity index (χ0n) is 12.5. The molecule has 0 spiro atoms. The predicted molar refractivity (Wildman–Crippen MR) is 86.8 cm³/mol. The summed E-state index contributed by atoms with van der Waals surface area (Å²) in [5, 5.41) is 2.91. The van der Waals surface area contributed by atoms with E-state index in [-0.39, 0.29) is 5.91 Å². The molecule has 2 aromatic rings. The minimum absolute atomic E-state index is 0.131. The standard InChI is InChI=1S/C18H20N2O/c1-3-13-19-17(15-7-5-4-6-8-15)20-18(21)16-11-9-14(2)10-12-16/h4-12H,3,13H2,1-2H3,(H,19,20,21). The van der Waals surface area contributed by atoms with Crippen LogP contribution in [0.1, 0.15) is 34.8 Å². The second-order valence-electron chi connectivity index (χ2n) is 4.92. The van der Waals surface area contributed by atoms with Crippen molar-refractivity contribution in [2.45, 2.75) is 20.3 Å². The van der Waals surface area contributed by atoms with E-state index in [0.29, 0.717) is 17.9 Å². The van der Waals surface area contributed by atoms with Gasteiger partial charge in [0.15, 0.2) is 0 Å². The number of carbonyl (C=O) groups is 1. The van der Waals surface area contributed by atoms with E-state index in [4.69, 9.17) is 0 Å². The summed E-state index contributed by atoms with van der Waals surface area (Å²) >= 11 is 0. The van der Waals surface area contributed by atoms with Crippen LogP contribution >= 0.6 is 0 Å². The molecule has 0 aliphatic rings. The average Bonchev–Trinajstić information content (AvgIpc) is 2.52. The number of amides is 1. The lowest BCUT2D eigenvalue weighted by atomic mass is 10.1. The van der Waals surface area contributed by atoms with Crippen molar-refractivity contribution >= 4 is 11.7 Å². The van der Waals surface area contributed by atoms with Crippen LogP contribution in [0.3, 0.4) is 0 Å². The molecule has 0 heterocycles. The average molecular weight is 280 g/mol. The van der Waals surface area contributed by atoms with Crippen LogP contribution in [0.5, 0.6) is 0 Å². The second-order valence-corrected chi connectivity index (χ2v) is 4.92. The van der Waals surface area contributed by atoms with Crippen molar-refractivity contribution in [1.29, 1.82) is 0 Å². The van der Waals surface area contributed by atoms with E-state index < -0.39 is 0 Å². The number of rotatable bonds is 4. The third-order valence-corrected chi connectivity index (χ3v) is 3.09. The van der Waals surface area contributed by atoms with Crippen molar-refractivity contribution in [3.05, 3.63) is 71.3 Å². The Morgan fingerprint density at radius 2 is 1.67 bits per heavy atom. The van der Waals surface area contributed by atoms with Crippen LogP contribution in [0.25, 0.3) is 0 Å². The smallest absolute Gasteiger partial charge is 0.256 e. The van der Waals surface area contributed by atoms with E-state index in [0.717, 1.165) is 17.5 Å². The number of hydrogen-bond donors (Lipinski definition) is 1. The van der Waals surface area contributed by atoms with Crippen molar-refractivity contribution in [3.63, 3.8) is 0 Å². The number of carbonyl (C=O) groups excluding carboxylic acids is 1. The minimum atomic E-state index is -0.131. The first-order valence-electron chi connectivity index (χ1n) is 7.18. The maximum Gasteiger partial charge on any atom is 0.256 e. The first-order chi connectivity index (χ1) is 10.2. The zero-order valence-corrected chi connectivity index (χ0v) is 12.5. The van der Waals surface area contributed by atoms with Crippen LogP contribution < -0.4 is 5.32 Å². The van der Waals surface area contributed by atoms with Gasteiger partial charge in [0.25, 0.3) is 5.91 Å². The highest BCUT2D eigenvalue weighted by atomic mass is 16.1. The molecule has 0 aromatic heterocycles. The van der Waals surface area contributed by atoms with Gasteiger partial charge in [-0.2, -0.15) is 0 Å². The monoisotopic (exact) mass is 280 g/mol. The third kappa shape index (κ3) is 4.28. The van der Waals surface area contributed by atoms with Gasteiger partial charge in [0, 0.05) is 17.7 Å². The van der Waals surface area contributed by atoms with Crippen LogP contribution in [0.2, 0.25) is 0 Å². The number of nitrogens with one attached hydrogen (secondary N) is 1. The minimum Gasteiger partial charge on any atom is -0.306 e. The maximum absolute atomic E-state index is 12.3. The Hall–Kier alpha value is -2.42. The van der Waals surface area contributed by atoms with Crippen LogP contribution in [-0.4, -0.2) is 18.3 Å². The van der Waals surface area contributed by atoms with Gasteiger partial charge in [0.1, 0.15) is 5.84 Å². The van der Waals surface area contributed by atoms with Gasteiger partial charge in [-0.05, 0) is 25.5 Å². The van der Waals surface area contributed by atoms with Crippen molar-refractivity contribution in [1.82, 2.24) is 5.32 Å². The van der Waals surface area contributed by atoms with Crippen LogP contribution in [0, 0.1) is 6.92 Å². The SMILES string of the molecule is CCC/N=C(/NC(=O)c1ccc(C)cc1)c1ccccc1. The molecule has 0 bridgehead atoms. The Morgan fingerprint density at radius 1 is 1.00 bits per heavy atom. The molecule has 0 atom stereocenters. The van der Waals surface area contributed by atoms with Gasteiger partial charge < -0.3 is 5.32 Å². The summed E-state index contributed by atoms with van der Waals surface area (Å²) in [5.74, 6) is 0.497. The zero-order chi connectivity index (χ0) is 15.1. The molecule has 0 saturated carbocycles. The topological polar surface area (TPSA) is 41.5 Å². The summed E-state index contributed by atoms with van der Waals surface area (Å²) in [7, 11) is 0.